The average molecular weight is 301 g/mol. The monoisotopic (exact) mass is 301 g/mol. The largest absolute Gasteiger partial charge is 0.497 e. The van der Waals surface area contributed by atoms with E-state index in [0.29, 0.717) is 25.3 Å². The van der Waals surface area contributed by atoms with E-state index in [1.165, 1.54) is 0 Å². The molecule has 1 amide bonds. The predicted octanol–water partition coefficient (Wildman–Crippen LogP) is 1.69. The standard InChI is InChI=1S/C16H19N3O3/c1-21-10-14-15-9-18(7-8-19(15)11-17-14)16(20)12-3-5-13(22-2)6-4-12/h3-6,11H,7-10H2,1-2H3. The molecule has 2 heterocycles. The van der Waals surface area contributed by atoms with Crippen LogP contribution < -0.4 is 4.74 Å². The number of aromatic nitrogens is 2. The Morgan fingerprint density at radius 2 is 2.00 bits per heavy atom. The Kier molecular flexibility index (Phi) is 4.11. The number of ether oxygens (including phenoxy) is 2. The van der Waals surface area contributed by atoms with Crippen LogP contribution in [0, 0.1) is 0 Å². The zero-order valence-electron chi connectivity index (χ0n) is 12.8. The van der Waals surface area contributed by atoms with Gasteiger partial charge in [-0.05, 0) is 24.3 Å². The van der Waals surface area contributed by atoms with E-state index < -0.39 is 0 Å². The molecule has 0 N–H and O–H groups in total. The Morgan fingerprint density at radius 3 is 2.68 bits per heavy atom. The number of fused-ring (bicyclic) bond motifs is 1. The van der Waals surface area contributed by atoms with Crippen molar-refractivity contribution in [3.8, 4) is 5.75 Å². The zero-order valence-corrected chi connectivity index (χ0v) is 12.8. The first-order valence-corrected chi connectivity index (χ1v) is 7.18. The minimum atomic E-state index is 0.0264. The molecule has 0 aliphatic carbocycles. The van der Waals surface area contributed by atoms with E-state index in [1.54, 1.807) is 38.5 Å². The van der Waals surface area contributed by atoms with E-state index in [4.69, 9.17) is 9.47 Å². The third kappa shape index (κ3) is 2.69. The van der Waals surface area contributed by atoms with Crippen LogP contribution in [-0.4, -0.2) is 41.1 Å². The van der Waals surface area contributed by atoms with Crippen molar-refractivity contribution in [2.24, 2.45) is 0 Å². The summed E-state index contributed by atoms with van der Waals surface area (Å²) in [6, 6.07) is 7.20. The van der Waals surface area contributed by atoms with Gasteiger partial charge in [0.2, 0.25) is 0 Å². The number of rotatable bonds is 4. The molecule has 0 atom stereocenters. The van der Waals surface area contributed by atoms with Crippen LogP contribution in [0.1, 0.15) is 21.7 Å². The van der Waals surface area contributed by atoms with Gasteiger partial charge >= 0.3 is 0 Å². The van der Waals surface area contributed by atoms with Gasteiger partial charge in [0.25, 0.3) is 5.91 Å². The first-order chi connectivity index (χ1) is 10.7. The highest BCUT2D eigenvalue weighted by Crippen LogP contribution is 2.20. The smallest absolute Gasteiger partial charge is 0.254 e. The van der Waals surface area contributed by atoms with E-state index >= 15 is 0 Å². The molecule has 0 fully saturated rings. The van der Waals surface area contributed by atoms with Crippen molar-refractivity contribution in [1.82, 2.24) is 14.5 Å². The minimum Gasteiger partial charge on any atom is -0.497 e. The molecule has 0 radical (unpaired) electrons. The van der Waals surface area contributed by atoms with E-state index in [0.717, 1.165) is 23.7 Å². The van der Waals surface area contributed by atoms with Crippen molar-refractivity contribution in [2.75, 3.05) is 20.8 Å². The molecule has 0 bridgehead atoms. The summed E-state index contributed by atoms with van der Waals surface area (Å²) in [5, 5.41) is 0. The number of imidazole rings is 1. The molecule has 1 aliphatic rings. The van der Waals surface area contributed by atoms with Gasteiger partial charge in [-0.2, -0.15) is 0 Å². The third-order valence-corrected chi connectivity index (χ3v) is 3.89. The fourth-order valence-electron chi connectivity index (χ4n) is 2.66. The average Bonchev–Trinajstić information content (AvgIpc) is 2.97. The molecule has 0 saturated heterocycles. The topological polar surface area (TPSA) is 56.6 Å². The normalized spacial score (nSPS) is 13.8. The second-order valence-electron chi connectivity index (χ2n) is 5.22. The van der Waals surface area contributed by atoms with Crippen LogP contribution >= 0.6 is 0 Å². The van der Waals surface area contributed by atoms with Crippen LogP contribution in [0.4, 0.5) is 0 Å². The number of hydrogen-bond donors (Lipinski definition) is 0. The second-order valence-corrected chi connectivity index (χ2v) is 5.22. The summed E-state index contributed by atoms with van der Waals surface area (Å²) >= 11 is 0. The fraction of sp³-hybridized carbons (Fsp3) is 0.375. The Labute approximate surface area is 129 Å². The highest BCUT2D eigenvalue weighted by Gasteiger charge is 2.24. The summed E-state index contributed by atoms with van der Waals surface area (Å²) in [5.41, 5.74) is 2.62. The van der Waals surface area contributed by atoms with Gasteiger partial charge in [0.15, 0.2) is 0 Å². The summed E-state index contributed by atoms with van der Waals surface area (Å²) in [4.78, 5) is 18.8. The molecule has 6 heteroatoms. The molecule has 0 unspecified atom stereocenters. The van der Waals surface area contributed by atoms with Gasteiger partial charge in [-0.3, -0.25) is 4.79 Å². The number of methoxy groups -OCH3 is 2. The lowest BCUT2D eigenvalue weighted by Crippen LogP contribution is -2.38. The number of nitrogens with zero attached hydrogens (tertiary/aromatic N) is 3. The van der Waals surface area contributed by atoms with E-state index in [2.05, 4.69) is 9.55 Å². The van der Waals surface area contributed by atoms with Gasteiger partial charge in [0, 0.05) is 25.8 Å². The Morgan fingerprint density at radius 1 is 1.23 bits per heavy atom. The Balaban J connectivity index is 1.78. The van der Waals surface area contributed by atoms with Crippen molar-refractivity contribution < 1.29 is 14.3 Å². The first kappa shape index (κ1) is 14.6. The van der Waals surface area contributed by atoms with Crippen molar-refractivity contribution in [2.45, 2.75) is 19.7 Å². The van der Waals surface area contributed by atoms with Crippen molar-refractivity contribution in [1.29, 1.82) is 0 Å². The van der Waals surface area contributed by atoms with E-state index in [-0.39, 0.29) is 5.91 Å². The minimum absolute atomic E-state index is 0.0264. The summed E-state index contributed by atoms with van der Waals surface area (Å²) in [7, 11) is 3.26. The Hall–Kier alpha value is -2.34. The van der Waals surface area contributed by atoms with Crippen LogP contribution in [0.3, 0.4) is 0 Å². The molecule has 6 nitrogen and oxygen atoms in total. The van der Waals surface area contributed by atoms with Gasteiger partial charge in [0.05, 0.1) is 38.0 Å². The molecule has 0 saturated carbocycles. The lowest BCUT2D eigenvalue weighted by Gasteiger charge is -2.29. The molecule has 116 valence electrons. The van der Waals surface area contributed by atoms with Gasteiger partial charge in [0.1, 0.15) is 5.75 Å². The number of carbonyl (C=O) groups excluding carboxylic acids is 1. The number of benzene rings is 1. The third-order valence-electron chi connectivity index (χ3n) is 3.89. The molecule has 1 aliphatic heterocycles. The highest BCUT2D eigenvalue weighted by molar-refractivity contribution is 5.94. The highest BCUT2D eigenvalue weighted by atomic mass is 16.5. The van der Waals surface area contributed by atoms with Crippen LogP contribution in [0.25, 0.3) is 0 Å². The van der Waals surface area contributed by atoms with Crippen molar-refractivity contribution in [3.05, 3.63) is 47.5 Å². The fourth-order valence-corrected chi connectivity index (χ4v) is 2.66. The molecular formula is C16H19N3O3. The van der Waals surface area contributed by atoms with E-state index in [1.807, 2.05) is 11.2 Å². The van der Waals surface area contributed by atoms with Crippen molar-refractivity contribution in [3.63, 3.8) is 0 Å². The quantitative estimate of drug-likeness (QED) is 0.862. The SMILES string of the molecule is COCc1ncn2c1CN(C(=O)c1ccc(OC)cc1)CC2. The summed E-state index contributed by atoms with van der Waals surface area (Å²) in [5.74, 6) is 0.772. The van der Waals surface area contributed by atoms with Crippen molar-refractivity contribution >= 4 is 5.91 Å². The molecule has 2 aromatic rings. The molecule has 3 rings (SSSR count). The van der Waals surface area contributed by atoms with Crippen LogP contribution in [0.5, 0.6) is 5.75 Å². The lowest BCUT2D eigenvalue weighted by molar-refractivity contribution is 0.0708. The molecule has 22 heavy (non-hydrogen) atoms. The van der Waals surface area contributed by atoms with E-state index in [9.17, 15) is 4.79 Å². The summed E-state index contributed by atoms with van der Waals surface area (Å²) in [6.45, 7) is 2.46. The summed E-state index contributed by atoms with van der Waals surface area (Å²) in [6.07, 6.45) is 1.82. The van der Waals surface area contributed by atoms with Gasteiger partial charge in [-0.15, -0.1) is 0 Å². The predicted molar refractivity (Wildman–Crippen MR) is 80.7 cm³/mol. The maximum atomic E-state index is 12.6. The number of carbonyl (C=O) groups is 1. The maximum Gasteiger partial charge on any atom is 0.254 e. The van der Waals surface area contributed by atoms with Gasteiger partial charge < -0.3 is 18.9 Å². The second kappa shape index (κ2) is 6.19. The molecule has 0 spiro atoms. The molecule has 1 aromatic heterocycles. The number of amides is 1. The van der Waals surface area contributed by atoms with Gasteiger partial charge in [-0.1, -0.05) is 0 Å². The van der Waals surface area contributed by atoms with Crippen LogP contribution in [0.2, 0.25) is 0 Å². The number of hydrogen-bond acceptors (Lipinski definition) is 4. The lowest BCUT2D eigenvalue weighted by atomic mass is 10.1. The zero-order chi connectivity index (χ0) is 15.5. The Bertz CT molecular complexity index is 664. The molecular weight excluding hydrogens is 282 g/mol. The van der Waals surface area contributed by atoms with Crippen LogP contribution in [0.15, 0.2) is 30.6 Å². The van der Waals surface area contributed by atoms with Gasteiger partial charge in [-0.25, -0.2) is 4.98 Å². The summed E-state index contributed by atoms with van der Waals surface area (Å²) < 4.78 is 12.4. The maximum absolute atomic E-state index is 12.6. The first-order valence-electron chi connectivity index (χ1n) is 7.18. The van der Waals surface area contributed by atoms with Crippen LogP contribution in [-0.2, 0) is 24.4 Å². The molecule has 1 aromatic carbocycles.